The number of imidazole rings is 1. The Kier molecular flexibility index (Phi) is 4.16. The van der Waals surface area contributed by atoms with Crippen LogP contribution >= 0.6 is 0 Å². The molecule has 2 aromatic heterocycles. The molecule has 0 bridgehead atoms. The van der Waals surface area contributed by atoms with Crippen molar-refractivity contribution in [2.24, 2.45) is 5.92 Å². The van der Waals surface area contributed by atoms with E-state index in [1.54, 1.807) is 23.3 Å². The van der Waals surface area contributed by atoms with Gasteiger partial charge in [-0.3, -0.25) is 4.57 Å². The predicted molar refractivity (Wildman–Crippen MR) is 78.7 cm³/mol. The molecule has 1 atom stereocenters. The molecule has 0 amide bonds. The van der Waals surface area contributed by atoms with Gasteiger partial charge in [-0.25, -0.2) is 4.98 Å². The van der Waals surface area contributed by atoms with Gasteiger partial charge in [-0.15, -0.1) is 0 Å². The molecule has 7 nitrogen and oxygen atoms in total. The van der Waals surface area contributed by atoms with Crippen molar-refractivity contribution in [1.29, 1.82) is 0 Å². The van der Waals surface area contributed by atoms with E-state index in [1.165, 1.54) is 0 Å². The van der Waals surface area contributed by atoms with Crippen LogP contribution in [0.4, 0.5) is 11.9 Å². The van der Waals surface area contributed by atoms with Gasteiger partial charge in [-0.2, -0.15) is 15.0 Å². The van der Waals surface area contributed by atoms with Gasteiger partial charge in [0.25, 0.3) is 0 Å². The van der Waals surface area contributed by atoms with E-state index in [-0.39, 0.29) is 5.95 Å². The molecule has 108 valence electrons. The predicted octanol–water partition coefficient (Wildman–Crippen LogP) is 1.51. The highest BCUT2D eigenvalue weighted by Crippen LogP contribution is 2.16. The SMILES string of the molecule is CC(C)CC(C)N(C)c1nc(N)nc(-n2ccnc2)n1. The van der Waals surface area contributed by atoms with Crippen molar-refractivity contribution in [1.82, 2.24) is 24.5 Å². The standard InChI is InChI=1S/C13H21N7/c1-9(2)7-10(3)19(4)12-16-11(14)17-13(18-12)20-6-5-15-8-20/h5-6,8-10H,7H2,1-4H3,(H2,14,16,17,18). The second-order valence-electron chi connectivity index (χ2n) is 5.35. The van der Waals surface area contributed by atoms with Crippen LogP contribution in [0.5, 0.6) is 0 Å². The monoisotopic (exact) mass is 275 g/mol. The molecular formula is C13H21N7. The molecule has 7 heteroatoms. The summed E-state index contributed by atoms with van der Waals surface area (Å²) < 4.78 is 1.71. The molecule has 2 heterocycles. The zero-order valence-corrected chi connectivity index (χ0v) is 12.4. The molecule has 0 saturated heterocycles. The summed E-state index contributed by atoms with van der Waals surface area (Å²) in [5.41, 5.74) is 5.78. The van der Waals surface area contributed by atoms with E-state index in [9.17, 15) is 0 Å². The fourth-order valence-corrected chi connectivity index (χ4v) is 2.06. The summed E-state index contributed by atoms with van der Waals surface area (Å²) in [5, 5.41) is 0. The Morgan fingerprint density at radius 1 is 1.25 bits per heavy atom. The van der Waals surface area contributed by atoms with E-state index in [1.807, 2.05) is 11.9 Å². The molecule has 0 aliphatic heterocycles. The number of rotatable bonds is 5. The maximum atomic E-state index is 5.78. The van der Waals surface area contributed by atoms with Gasteiger partial charge in [0.1, 0.15) is 6.33 Å². The minimum absolute atomic E-state index is 0.210. The van der Waals surface area contributed by atoms with Gasteiger partial charge in [0.2, 0.25) is 17.8 Å². The minimum Gasteiger partial charge on any atom is -0.368 e. The van der Waals surface area contributed by atoms with Gasteiger partial charge in [0.05, 0.1) is 0 Å². The number of nitrogens with zero attached hydrogens (tertiary/aromatic N) is 6. The number of anilines is 2. The first kappa shape index (κ1) is 14.2. The van der Waals surface area contributed by atoms with Crippen LogP contribution in [0.1, 0.15) is 27.2 Å². The zero-order chi connectivity index (χ0) is 14.7. The zero-order valence-electron chi connectivity index (χ0n) is 12.4. The van der Waals surface area contributed by atoms with Gasteiger partial charge in [-0.1, -0.05) is 13.8 Å². The van der Waals surface area contributed by atoms with Crippen LogP contribution in [0.3, 0.4) is 0 Å². The highest BCUT2D eigenvalue weighted by molar-refractivity contribution is 5.38. The molecule has 20 heavy (non-hydrogen) atoms. The molecule has 2 aromatic rings. The lowest BCUT2D eigenvalue weighted by Gasteiger charge is -2.26. The highest BCUT2D eigenvalue weighted by atomic mass is 15.3. The molecular weight excluding hydrogens is 254 g/mol. The Morgan fingerprint density at radius 2 is 2.00 bits per heavy atom. The van der Waals surface area contributed by atoms with Gasteiger partial charge in [-0.05, 0) is 19.3 Å². The average molecular weight is 275 g/mol. The molecule has 0 fully saturated rings. The smallest absolute Gasteiger partial charge is 0.241 e. The molecule has 0 saturated carbocycles. The second-order valence-corrected chi connectivity index (χ2v) is 5.35. The summed E-state index contributed by atoms with van der Waals surface area (Å²) >= 11 is 0. The lowest BCUT2D eigenvalue weighted by Crippen LogP contribution is -2.32. The van der Waals surface area contributed by atoms with Crippen LogP contribution < -0.4 is 10.6 Å². The second kappa shape index (κ2) is 5.85. The minimum atomic E-state index is 0.210. The highest BCUT2D eigenvalue weighted by Gasteiger charge is 2.16. The van der Waals surface area contributed by atoms with Crippen LogP contribution in [0.15, 0.2) is 18.7 Å². The van der Waals surface area contributed by atoms with Crippen LogP contribution in [0.25, 0.3) is 5.95 Å². The first-order valence-corrected chi connectivity index (χ1v) is 6.70. The number of hydrogen-bond acceptors (Lipinski definition) is 6. The Hall–Kier alpha value is -2.18. The summed E-state index contributed by atoms with van der Waals surface area (Å²) in [6, 6.07) is 0.326. The third-order valence-electron chi connectivity index (χ3n) is 3.15. The van der Waals surface area contributed by atoms with E-state index in [4.69, 9.17) is 5.73 Å². The number of nitrogens with two attached hydrogens (primary N) is 1. The summed E-state index contributed by atoms with van der Waals surface area (Å²) in [6.45, 7) is 6.54. The molecule has 0 radical (unpaired) electrons. The molecule has 0 aromatic carbocycles. The van der Waals surface area contributed by atoms with Crippen molar-refractivity contribution < 1.29 is 0 Å². The summed E-state index contributed by atoms with van der Waals surface area (Å²) in [7, 11) is 1.97. The third kappa shape index (κ3) is 3.23. The Morgan fingerprint density at radius 3 is 2.60 bits per heavy atom. The van der Waals surface area contributed by atoms with Crippen LogP contribution in [-0.4, -0.2) is 37.6 Å². The van der Waals surface area contributed by atoms with Crippen molar-refractivity contribution >= 4 is 11.9 Å². The fraction of sp³-hybridized carbons (Fsp3) is 0.538. The average Bonchev–Trinajstić information content (AvgIpc) is 2.90. The Bertz CT molecular complexity index is 550. The van der Waals surface area contributed by atoms with Crippen LogP contribution in [-0.2, 0) is 0 Å². The molecule has 2 rings (SSSR count). The Balaban J connectivity index is 2.28. The quantitative estimate of drug-likeness (QED) is 0.890. The van der Waals surface area contributed by atoms with Crippen molar-refractivity contribution in [3.63, 3.8) is 0 Å². The summed E-state index contributed by atoms with van der Waals surface area (Å²) in [6.07, 6.45) is 6.14. The van der Waals surface area contributed by atoms with E-state index in [2.05, 4.69) is 40.7 Å². The molecule has 0 aliphatic rings. The van der Waals surface area contributed by atoms with Gasteiger partial charge >= 0.3 is 0 Å². The molecule has 0 aliphatic carbocycles. The van der Waals surface area contributed by atoms with Crippen molar-refractivity contribution in [2.75, 3.05) is 17.7 Å². The van der Waals surface area contributed by atoms with E-state index in [0.717, 1.165) is 6.42 Å². The van der Waals surface area contributed by atoms with Crippen LogP contribution in [0, 0.1) is 5.92 Å². The summed E-state index contributed by atoms with van der Waals surface area (Å²) in [4.78, 5) is 18.8. The third-order valence-corrected chi connectivity index (χ3v) is 3.15. The molecule has 1 unspecified atom stereocenters. The first-order valence-electron chi connectivity index (χ1n) is 6.70. The lowest BCUT2D eigenvalue weighted by atomic mass is 10.0. The van der Waals surface area contributed by atoms with Crippen molar-refractivity contribution in [3.05, 3.63) is 18.7 Å². The fourth-order valence-electron chi connectivity index (χ4n) is 2.06. The van der Waals surface area contributed by atoms with Crippen molar-refractivity contribution in [3.8, 4) is 5.95 Å². The van der Waals surface area contributed by atoms with Crippen LogP contribution in [0.2, 0.25) is 0 Å². The van der Waals surface area contributed by atoms with Gasteiger partial charge in [0.15, 0.2) is 0 Å². The number of nitrogen functional groups attached to an aromatic ring is 1. The Labute approximate surface area is 118 Å². The van der Waals surface area contributed by atoms with E-state index >= 15 is 0 Å². The van der Waals surface area contributed by atoms with E-state index in [0.29, 0.717) is 23.9 Å². The number of hydrogen-bond donors (Lipinski definition) is 1. The topological polar surface area (TPSA) is 85.8 Å². The van der Waals surface area contributed by atoms with Crippen molar-refractivity contribution in [2.45, 2.75) is 33.2 Å². The van der Waals surface area contributed by atoms with Gasteiger partial charge < -0.3 is 10.6 Å². The van der Waals surface area contributed by atoms with E-state index < -0.39 is 0 Å². The lowest BCUT2D eigenvalue weighted by molar-refractivity contribution is 0.499. The van der Waals surface area contributed by atoms with Gasteiger partial charge in [0, 0.05) is 25.5 Å². The molecule has 0 spiro atoms. The normalized spacial score (nSPS) is 12.7. The maximum Gasteiger partial charge on any atom is 0.241 e. The largest absolute Gasteiger partial charge is 0.368 e. The maximum absolute atomic E-state index is 5.78. The first-order chi connectivity index (χ1) is 9.47. The number of aromatic nitrogens is 5. The molecule has 2 N–H and O–H groups in total. The summed E-state index contributed by atoms with van der Waals surface area (Å²) in [5.74, 6) is 1.88.